The highest BCUT2D eigenvalue weighted by Gasteiger charge is 2.36. The molecule has 2 heteroatoms. The molecule has 1 saturated carbocycles. The van der Waals surface area contributed by atoms with Crippen molar-refractivity contribution in [2.45, 2.75) is 57.4 Å². The second-order valence-corrected chi connectivity index (χ2v) is 6.82. The van der Waals surface area contributed by atoms with Gasteiger partial charge in [0, 0.05) is 17.5 Å². The van der Waals surface area contributed by atoms with Crippen molar-refractivity contribution in [2.75, 3.05) is 13.7 Å². The molecular weight excluding hydrogens is 234 g/mol. The van der Waals surface area contributed by atoms with Crippen LogP contribution >= 0.6 is 0 Å². The number of benzene rings is 1. The molecule has 0 aromatic heterocycles. The lowest BCUT2D eigenvalue weighted by molar-refractivity contribution is 0.332. The smallest absolute Gasteiger partial charge is 0.118 e. The van der Waals surface area contributed by atoms with Gasteiger partial charge in [0.2, 0.25) is 0 Å². The fourth-order valence-electron chi connectivity index (χ4n) is 3.00. The van der Waals surface area contributed by atoms with Crippen molar-refractivity contribution < 1.29 is 4.74 Å². The molecule has 2 rings (SSSR count). The van der Waals surface area contributed by atoms with Gasteiger partial charge in [-0.15, -0.1) is 0 Å². The zero-order valence-electron chi connectivity index (χ0n) is 12.8. The fraction of sp³-hybridized carbons (Fsp3) is 0.647. The highest BCUT2D eigenvalue weighted by molar-refractivity contribution is 5.33. The topological polar surface area (TPSA) is 21.3 Å². The Morgan fingerprint density at radius 1 is 1.11 bits per heavy atom. The van der Waals surface area contributed by atoms with E-state index in [1.807, 2.05) is 0 Å². The molecule has 0 spiro atoms. The Hall–Kier alpha value is -1.02. The maximum atomic E-state index is 5.26. The molecule has 0 heterocycles. The molecule has 0 amide bonds. The third kappa shape index (κ3) is 3.50. The van der Waals surface area contributed by atoms with E-state index in [1.165, 1.54) is 31.2 Å². The Labute approximate surface area is 117 Å². The first kappa shape index (κ1) is 14.4. The second kappa shape index (κ2) is 5.54. The third-order valence-corrected chi connectivity index (χ3v) is 4.22. The van der Waals surface area contributed by atoms with Crippen LogP contribution in [0.2, 0.25) is 0 Å². The highest BCUT2D eigenvalue weighted by Crippen LogP contribution is 2.41. The molecule has 1 aliphatic carbocycles. The minimum Gasteiger partial charge on any atom is -0.497 e. The number of ether oxygens (including phenoxy) is 1. The van der Waals surface area contributed by atoms with E-state index in [1.54, 1.807) is 7.11 Å². The first-order valence-electron chi connectivity index (χ1n) is 7.35. The van der Waals surface area contributed by atoms with Gasteiger partial charge >= 0.3 is 0 Å². The predicted molar refractivity (Wildman–Crippen MR) is 80.9 cm³/mol. The Bertz CT molecular complexity index is 396. The van der Waals surface area contributed by atoms with Crippen molar-refractivity contribution in [3.8, 4) is 5.75 Å². The monoisotopic (exact) mass is 261 g/mol. The van der Waals surface area contributed by atoms with Gasteiger partial charge in [-0.1, -0.05) is 25.0 Å². The summed E-state index contributed by atoms with van der Waals surface area (Å²) in [7, 11) is 1.72. The standard InChI is InChI=1S/C17H27NO/c1-16(2,3)18-13-17(11-5-6-12-17)14-7-9-15(19-4)10-8-14/h7-10,18H,5-6,11-13H2,1-4H3. The molecular formula is C17H27NO. The summed E-state index contributed by atoms with van der Waals surface area (Å²) < 4.78 is 5.26. The van der Waals surface area contributed by atoms with Crippen LogP contribution in [0.4, 0.5) is 0 Å². The van der Waals surface area contributed by atoms with Gasteiger partial charge in [0.05, 0.1) is 7.11 Å². The summed E-state index contributed by atoms with van der Waals surface area (Å²) >= 11 is 0. The van der Waals surface area contributed by atoms with E-state index in [-0.39, 0.29) is 5.54 Å². The fourth-order valence-corrected chi connectivity index (χ4v) is 3.00. The van der Waals surface area contributed by atoms with Gasteiger partial charge in [0.25, 0.3) is 0 Å². The summed E-state index contributed by atoms with van der Waals surface area (Å²) in [6.45, 7) is 7.79. The van der Waals surface area contributed by atoms with Gasteiger partial charge in [-0.3, -0.25) is 0 Å². The van der Waals surface area contributed by atoms with E-state index in [2.05, 4.69) is 50.4 Å². The van der Waals surface area contributed by atoms with Crippen molar-refractivity contribution in [3.63, 3.8) is 0 Å². The summed E-state index contributed by atoms with van der Waals surface area (Å²) in [6, 6.07) is 8.67. The first-order valence-corrected chi connectivity index (χ1v) is 7.35. The van der Waals surface area contributed by atoms with Crippen LogP contribution in [-0.4, -0.2) is 19.2 Å². The van der Waals surface area contributed by atoms with Crippen LogP contribution in [0.1, 0.15) is 52.0 Å². The normalized spacial score (nSPS) is 18.5. The van der Waals surface area contributed by atoms with Crippen molar-refractivity contribution in [2.24, 2.45) is 0 Å². The van der Waals surface area contributed by atoms with Crippen molar-refractivity contribution in [3.05, 3.63) is 29.8 Å². The summed E-state index contributed by atoms with van der Waals surface area (Å²) in [5.41, 5.74) is 1.96. The highest BCUT2D eigenvalue weighted by atomic mass is 16.5. The molecule has 19 heavy (non-hydrogen) atoms. The van der Waals surface area contributed by atoms with Gasteiger partial charge in [0.15, 0.2) is 0 Å². The average molecular weight is 261 g/mol. The zero-order chi connectivity index (χ0) is 13.9. The molecule has 0 radical (unpaired) electrons. The van der Waals surface area contributed by atoms with Gasteiger partial charge in [-0.25, -0.2) is 0 Å². The van der Waals surface area contributed by atoms with Gasteiger partial charge in [0.1, 0.15) is 5.75 Å². The van der Waals surface area contributed by atoms with E-state index in [9.17, 15) is 0 Å². The summed E-state index contributed by atoms with van der Waals surface area (Å²) in [5.74, 6) is 0.945. The molecule has 1 aromatic carbocycles. The first-order chi connectivity index (χ1) is 8.95. The second-order valence-electron chi connectivity index (χ2n) is 6.82. The number of hydrogen-bond donors (Lipinski definition) is 1. The molecule has 0 aliphatic heterocycles. The van der Waals surface area contributed by atoms with Crippen LogP contribution in [0.5, 0.6) is 5.75 Å². The molecule has 0 unspecified atom stereocenters. The average Bonchev–Trinajstić information content (AvgIpc) is 2.86. The lowest BCUT2D eigenvalue weighted by Gasteiger charge is -2.34. The molecule has 1 N–H and O–H groups in total. The van der Waals surface area contributed by atoms with E-state index in [0.717, 1.165) is 12.3 Å². The largest absolute Gasteiger partial charge is 0.497 e. The SMILES string of the molecule is COc1ccc(C2(CNC(C)(C)C)CCCC2)cc1. The molecule has 106 valence electrons. The Balaban J connectivity index is 2.18. The van der Waals surface area contributed by atoms with Gasteiger partial charge in [-0.2, -0.15) is 0 Å². The molecule has 1 aliphatic rings. The number of hydrogen-bond acceptors (Lipinski definition) is 2. The maximum absolute atomic E-state index is 5.26. The van der Waals surface area contributed by atoms with E-state index < -0.39 is 0 Å². The number of rotatable bonds is 4. The number of nitrogens with one attached hydrogen (secondary N) is 1. The summed E-state index contributed by atoms with van der Waals surface area (Å²) in [4.78, 5) is 0. The lowest BCUT2D eigenvalue weighted by Crippen LogP contribution is -2.45. The Morgan fingerprint density at radius 2 is 1.68 bits per heavy atom. The maximum Gasteiger partial charge on any atom is 0.118 e. The quantitative estimate of drug-likeness (QED) is 0.887. The van der Waals surface area contributed by atoms with Crippen molar-refractivity contribution >= 4 is 0 Å². The van der Waals surface area contributed by atoms with Crippen molar-refractivity contribution in [1.82, 2.24) is 5.32 Å². The van der Waals surface area contributed by atoms with E-state index in [4.69, 9.17) is 4.74 Å². The molecule has 0 bridgehead atoms. The Morgan fingerprint density at radius 3 is 2.16 bits per heavy atom. The lowest BCUT2D eigenvalue weighted by atomic mass is 9.78. The molecule has 0 atom stereocenters. The molecule has 1 aromatic rings. The minimum absolute atomic E-state index is 0.183. The van der Waals surface area contributed by atoms with Gasteiger partial charge < -0.3 is 10.1 Å². The van der Waals surface area contributed by atoms with Crippen LogP contribution in [0.3, 0.4) is 0 Å². The molecule has 1 fully saturated rings. The zero-order valence-corrected chi connectivity index (χ0v) is 12.8. The minimum atomic E-state index is 0.183. The summed E-state index contributed by atoms with van der Waals surface area (Å²) in [6.07, 6.45) is 5.28. The number of methoxy groups -OCH3 is 1. The van der Waals surface area contributed by atoms with Crippen LogP contribution in [-0.2, 0) is 5.41 Å². The third-order valence-electron chi connectivity index (χ3n) is 4.22. The summed E-state index contributed by atoms with van der Waals surface area (Å²) in [5, 5.41) is 3.70. The van der Waals surface area contributed by atoms with Crippen LogP contribution in [0.25, 0.3) is 0 Å². The molecule has 2 nitrogen and oxygen atoms in total. The predicted octanol–water partition coefficient (Wildman–Crippen LogP) is 3.90. The van der Waals surface area contributed by atoms with E-state index >= 15 is 0 Å². The van der Waals surface area contributed by atoms with Gasteiger partial charge in [-0.05, 0) is 51.3 Å². The van der Waals surface area contributed by atoms with E-state index in [0.29, 0.717) is 5.41 Å². The molecule has 0 saturated heterocycles. The van der Waals surface area contributed by atoms with Crippen molar-refractivity contribution in [1.29, 1.82) is 0 Å². The van der Waals surface area contributed by atoms with Crippen LogP contribution in [0, 0.1) is 0 Å². The van der Waals surface area contributed by atoms with Crippen LogP contribution < -0.4 is 10.1 Å². The van der Waals surface area contributed by atoms with Crippen LogP contribution in [0.15, 0.2) is 24.3 Å². The Kier molecular flexibility index (Phi) is 4.19.